The van der Waals surface area contributed by atoms with Crippen molar-refractivity contribution in [3.05, 3.63) is 107 Å². The Morgan fingerprint density at radius 1 is 0.821 bits per heavy atom. The second-order valence-electron chi connectivity index (χ2n) is 12.1. The molecule has 1 atom stereocenters. The number of rotatable bonds is 6. The van der Waals surface area contributed by atoms with Gasteiger partial charge in [-0.2, -0.15) is 0 Å². The van der Waals surface area contributed by atoms with Crippen LogP contribution in [0.5, 0.6) is 0 Å². The van der Waals surface area contributed by atoms with Gasteiger partial charge >= 0.3 is 250 Å². The number of hydrogen-bond donors (Lipinski definition) is 0. The van der Waals surface area contributed by atoms with Crippen LogP contribution in [0.4, 0.5) is 0 Å². The van der Waals surface area contributed by atoms with E-state index < -0.39 is 27.4 Å². The molecule has 4 aromatic rings. The average Bonchev–Trinajstić information content (AvgIpc) is 3.51. The molecule has 0 amide bonds. The Labute approximate surface area is 247 Å². The Hall–Kier alpha value is -1.70. The van der Waals surface area contributed by atoms with Gasteiger partial charge in [0.1, 0.15) is 0 Å². The molecule has 6 rings (SSSR count). The Morgan fingerprint density at radius 3 is 2.28 bits per heavy atom. The second kappa shape index (κ2) is 10.6. The summed E-state index contributed by atoms with van der Waals surface area (Å²) in [6, 6.07) is 31.3. The minimum absolute atomic E-state index is 0.0362. The predicted molar refractivity (Wildman–Crippen MR) is 172 cm³/mol. The van der Waals surface area contributed by atoms with E-state index in [0.29, 0.717) is 0 Å². The van der Waals surface area contributed by atoms with Gasteiger partial charge in [0.05, 0.1) is 0 Å². The van der Waals surface area contributed by atoms with Crippen molar-refractivity contribution < 1.29 is 17.9 Å². The van der Waals surface area contributed by atoms with Crippen molar-refractivity contribution in [1.29, 1.82) is 0 Å². The normalized spacial score (nSPS) is 16.7. The molecule has 1 aliphatic carbocycles. The molecule has 0 saturated heterocycles. The van der Waals surface area contributed by atoms with Gasteiger partial charge in [0, 0.05) is 0 Å². The second-order valence-corrected chi connectivity index (χ2v) is 28.0. The van der Waals surface area contributed by atoms with Gasteiger partial charge < -0.3 is 0 Å². The van der Waals surface area contributed by atoms with Crippen LogP contribution in [0.2, 0.25) is 0 Å². The van der Waals surface area contributed by atoms with Crippen molar-refractivity contribution >= 4 is 46.3 Å². The van der Waals surface area contributed by atoms with Crippen LogP contribution in [0.1, 0.15) is 60.9 Å². The van der Waals surface area contributed by atoms with Crippen molar-refractivity contribution in [1.82, 2.24) is 0 Å². The summed E-state index contributed by atoms with van der Waals surface area (Å²) in [6.07, 6.45) is 5.94. The van der Waals surface area contributed by atoms with Gasteiger partial charge in [0.2, 0.25) is 0 Å². The molecule has 4 heteroatoms. The zero-order chi connectivity index (χ0) is 27.4. The SMILES string of the molecule is CCCCc1ccc2c(c1-c1ccccc1)C=C(C(C)(C)C)[CH]2[Zr]([Cl])([Cl])[c]1cccc2c1[SiH2]c1ccccc1-2. The summed E-state index contributed by atoms with van der Waals surface area (Å²) in [5, 5.41) is 3.00. The van der Waals surface area contributed by atoms with Crippen LogP contribution in [-0.2, 0) is 24.3 Å². The van der Waals surface area contributed by atoms with E-state index in [1.165, 1.54) is 71.0 Å². The van der Waals surface area contributed by atoms with Crippen molar-refractivity contribution in [3.8, 4) is 22.3 Å². The van der Waals surface area contributed by atoms with Gasteiger partial charge in [-0.25, -0.2) is 0 Å². The molecule has 2 aliphatic rings. The van der Waals surface area contributed by atoms with E-state index in [1.807, 2.05) is 0 Å². The maximum atomic E-state index is 7.90. The molecule has 0 spiro atoms. The zero-order valence-corrected chi connectivity index (χ0v) is 28.7. The topological polar surface area (TPSA) is 0 Å². The van der Waals surface area contributed by atoms with Gasteiger partial charge in [-0.15, -0.1) is 0 Å². The van der Waals surface area contributed by atoms with E-state index >= 15 is 0 Å². The molecule has 0 nitrogen and oxygen atoms in total. The molecule has 198 valence electrons. The third-order valence-electron chi connectivity index (χ3n) is 8.59. The van der Waals surface area contributed by atoms with Gasteiger partial charge in [-0.1, -0.05) is 0 Å². The molecule has 0 N–H and O–H groups in total. The third kappa shape index (κ3) is 4.80. The van der Waals surface area contributed by atoms with Crippen LogP contribution in [0.3, 0.4) is 0 Å². The molecule has 0 fully saturated rings. The summed E-state index contributed by atoms with van der Waals surface area (Å²) in [5.41, 5.74) is 10.9. The van der Waals surface area contributed by atoms with E-state index in [2.05, 4.69) is 119 Å². The summed E-state index contributed by atoms with van der Waals surface area (Å²) in [4.78, 5) is 0. The van der Waals surface area contributed by atoms with Crippen molar-refractivity contribution in [2.75, 3.05) is 0 Å². The molecule has 0 saturated carbocycles. The van der Waals surface area contributed by atoms with E-state index in [9.17, 15) is 0 Å². The number of aryl methyl sites for hydroxylation is 1. The number of benzene rings is 4. The molecule has 1 heterocycles. The van der Waals surface area contributed by atoms with Crippen LogP contribution in [0, 0.1) is 5.41 Å². The molecule has 0 bridgehead atoms. The van der Waals surface area contributed by atoms with Crippen molar-refractivity contribution in [3.63, 3.8) is 0 Å². The molecule has 1 aliphatic heterocycles. The molecular weight excluding hydrogens is 611 g/mol. The van der Waals surface area contributed by atoms with E-state index in [0.717, 1.165) is 6.42 Å². The first kappa shape index (κ1) is 27.5. The first-order valence-electron chi connectivity index (χ1n) is 14.2. The van der Waals surface area contributed by atoms with Crippen LogP contribution >= 0.6 is 17.0 Å². The Morgan fingerprint density at radius 2 is 1.54 bits per heavy atom. The van der Waals surface area contributed by atoms with Gasteiger partial charge in [0.15, 0.2) is 0 Å². The Bertz CT molecular complexity index is 1580. The first-order valence-corrected chi connectivity index (χ1v) is 24.6. The van der Waals surface area contributed by atoms with Crippen LogP contribution in [0.15, 0.2) is 90.5 Å². The predicted octanol–water partition coefficient (Wildman–Crippen LogP) is 8.07. The van der Waals surface area contributed by atoms with Crippen LogP contribution in [-0.4, -0.2) is 9.52 Å². The number of hydrogen-bond acceptors (Lipinski definition) is 0. The molecule has 0 aromatic heterocycles. The van der Waals surface area contributed by atoms with E-state index in [4.69, 9.17) is 17.0 Å². The fraction of sp³-hybridized carbons (Fsp3) is 0.257. The van der Waals surface area contributed by atoms with E-state index in [1.54, 1.807) is 0 Å². The van der Waals surface area contributed by atoms with Crippen molar-refractivity contribution in [2.45, 2.75) is 50.6 Å². The van der Waals surface area contributed by atoms with Gasteiger partial charge in [-0.3, -0.25) is 0 Å². The van der Waals surface area contributed by atoms with E-state index in [-0.39, 0.29) is 9.04 Å². The van der Waals surface area contributed by atoms with Crippen molar-refractivity contribution in [2.24, 2.45) is 5.41 Å². The van der Waals surface area contributed by atoms with Gasteiger partial charge in [0.25, 0.3) is 0 Å². The monoisotopic (exact) mass is 644 g/mol. The summed E-state index contributed by atoms with van der Waals surface area (Å²) in [5.74, 6) is 0. The summed E-state index contributed by atoms with van der Waals surface area (Å²) in [6.45, 7) is 9.25. The number of fused-ring (bicyclic) bond motifs is 4. The average molecular weight is 647 g/mol. The fourth-order valence-corrected chi connectivity index (χ4v) is 23.8. The standard InChI is InChI=1S/C23H27.C12H9Si.2ClH.Zr/c1-5-6-10-18-13-14-19-15-20(23(2,3)4)16-21(19)22(18)17-11-8-7-9-12-17;1-3-7-11-9(5-1)10-6-2-4-8-12(10)13-11;;;/h7-9,11-16H,5-6,10H2,1-4H3;1-7H,13H2;2*1H;/q;;;;+2/p-2. The number of halogens is 2. The molecule has 4 aromatic carbocycles. The zero-order valence-electron chi connectivity index (χ0n) is 23.3. The maximum absolute atomic E-state index is 7.90. The van der Waals surface area contributed by atoms with Gasteiger partial charge in [-0.05, 0) is 0 Å². The molecule has 39 heavy (non-hydrogen) atoms. The minimum atomic E-state index is -4.02. The fourth-order valence-electron chi connectivity index (χ4n) is 6.68. The quantitative estimate of drug-likeness (QED) is 0.164. The van der Waals surface area contributed by atoms with Crippen LogP contribution in [0.25, 0.3) is 28.3 Å². The number of unbranched alkanes of at least 4 members (excludes halogenated alkanes) is 1. The Balaban J connectivity index is 1.55. The van der Waals surface area contributed by atoms with Crippen LogP contribution < -0.4 is 13.6 Å². The Kier molecular flexibility index (Phi) is 7.47. The summed E-state index contributed by atoms with van der Waals surface area (Å²) < 4.78 is 1.39. The molecular formula is C35H36Cl2SiZr. The third-order valence-corrected chi connectivity index (χ3v) is 22.8. The first-order chi connectivity index (χ1) is 18.7. The summed E-state index contributed by atoms with van der Waals surface area (Å²) in [7, 11) is 15.2. The molecule has 1 unspecified atom stereocenters. The molecule has 0 radical (unpaired) electrons. The number of allylic oxidation sites excluding steroid dienone is 1. The summed E-state index contributed by atoms with van der Waals surface area (Å²) >= 11 is -4.02.